The summed E-state index contributed by atoms with van der Waals surface area (Å²) in [6, 6.07) is -10.2. The minimum Gasteiger partial charge on any atom is -0.790 e. The van der Waals surface area contributed by atoms with E-state index < -0.39 is 117 Å². The van der Waals surface area contributed by atoms with E-state index in [1.807, 2.05) is 16.0 Å². The average Bonchev–Trinajstić information content (AvgIpc) is 3.04. The molecule has 0 radical (unpaired) electrons. The maximum Gasteiger partial charge on any atom is 0.343 e. The van der Waals surface area contributed by atoms with Crippen LogP contribution in [0.2, 0.25) is 0 Å². The Morgan fingerprint density at radius 3 is 2.35 bits per heavy atom. The van der Waals surface area contributed by atoms with Crippen molar-refractivity contribution in [3.63, 3.8) is 0 Å². The third kappa shape index (κ3) is 14.7. The van der Waals surface area contributed by atoms with Crippen LogP contribution in [0.3, 0.4) is 0 Å². The zero-order chi connectivity index (χ0) is 39.2. The summed E-state index contributed by atoms with van der Waals surface area (Å²) < 4.78 is 15.4. The Morgan fingerprint density at radius 2 is 1.75 bits per heavy atom. The van der Waals surface area contributed by atoms with Crippen LogP contribution in [-0.2, 0) is 37.9 Å². The number of quaternary nitrogens is 2. The number of guanidine groups is 1. The lowest BCUT2D eigenvalue weighted by molar-refractivity contribution is -0.565. The van der Waals surface area contributed by atoms with E-state index in [4.69, 9.17) is 11.5 Å². The molecule has 1 fully saturated rings. The molecule has 2 aliphatic rings. The second kappa shape index (κ2) is 20.2. The molecular formula is C25H45N13O13P+. The van der Waals surface area contributed by atoms with Crippen LogP contribution >= 0.6 is 7.82 Å². The Kier molecular flexibility index (Phi) is 16.8. The summed E-state index contributed by atoms with van der Waals surface area (Å²) in [5.74, 6) is -7.23. The fourth-order valence-electron chi connectivity index (χ4n) is 4.75. The summed E-state index contributed by atoms with van der Waals surface area (Å²) in [4.78, 5) is 116. The van der Waals surface area contributed by atoms with Gasteiger partial charge in [-0.3, -0.25) is 44.8 Å². The van der Waals surface area contributed by atoms with Gasteiger partial charge < -0.3 is 83.5 Å². The Balaban J connectivity index is 2.62. The van der Waals surface area contributed by atoms with E-state index in [0.29, 0.717) is 25.6 Å². The number of primary amides is 1. The van der Waals surface area contributed by atoms with E-state index >= 15 is 0 Å². The van der Waals surface area contributed by atoms with Crippen LogP contribution in [0.25, 0.3) is 0 Å². The quantitative estimate of drug-likeness (QED) is 0.0648. The van der Waals surface area contributed by atoms with Crippen LogP contribution < -0.4 is 80.2 Å². The van der Waals surface area contributed by atoms with Gasteiger partial charge in [0.1, 0.15) is 35.9 Å². The predicted molar refractivity (Wildman–Crippen MR) is 166 cm³/mol. The molecule has 0 saturated carbocycles. The molecule has 292 valence electrons. The van der Waals surface area contributed by atoms with Crippen molar-refractivity contribution in [1.29, 1.82) is 0 Å². The van der Waals surface area contributed by atoms with Gasteiger partial charge in [0, 0.05) is 32.0 Å². The number of nitrogens with two attached hydrogens (primary N) is 2. The molecule has 7 atom stereocenters. The molecular weight excluding hydrogens is 721 g/mol. The molecule has 0 aromatic heterocycles. The molecule has 1 unspecified atom stereocenters. The van der Waals surface area contributed by atoms with Crippen molar-refractivity contribution in [3.8, 4) is 0 Å². The molecule has 1 saturated heterocycles. The molecule has 0 bridgehead atoms. The second-order valence-electron chi connectivity index (χ2n) is 11.5. The largest absolute Gasteiger partial charge is 0.790 e. The topological polar surface area (TPSA) is 450 Å². The van der Waals surface area contributed by atoms with Gasteiger partial charge in [-0.1, -0.05) is 0 Å². The van der Waals surface area contributed by atoms with Crippen LogP contribution in [0.1, 0.15) is 25.7 Å². The molecule has 0 aromatic carbocycles. The average molecular weight is 767 g/mol. The lowest BCUT2D eigenvalue weighted by Gasteiger charge is -2.32. The van der Waals surface area contributed by atoms with Crippen molar-refractivity contribution in [3.05, 3.63) is 11.9 Å². The number of phosphoric ester groups is 1. The van der Waals surface area contributed by atoms with E-state index in [-0.39, 0.29) is 18.8 Å². The maximum absolute atomic E-state index is 13.7. The number of urea groups is 1. The summed E-state index contributed by atoms with van der Waals surface area (Å²) in [6.07, 6.45) is -0.0519. The second-order valence-corrected chi connectivity index (χ2v) is 12.7. The molecule has 8 amide bonds. The van der Waals surface area contributed by atoms with E-state index in [2.05, 4.69) is 47.6 Å². The first kappa shape index (κ1) is 43.2. The van der Waals surface area contributed by atoms with E-state index in [1.165, 1.54) is 0 Å². The van der Waals surface area contributed by atoms with Crippen LogP contribution in [0.5, 0.6) is 0 Å². The number of carbonyl (C=O) groups excluding carboxylic acids is 7. The molecule has 27 heteroatoms. The van der Waals surface area contributed by atoms with E-state index in [1.54, 1.807) is 0 Å². The monoisotopic (exact) mass is 766 g/mol. The van der Waals surface area contributed by atoms with Crippen LogP contribution in [0.15, 0.2) is 11.9 Å². The number of aliphatic hydroxyl groups is 2. The lowest BCUT2D eigenvalue weighted by atomic mass is 10.0. The number of phosphoric acid groups is 1. The number of aliphatic hydroxyl groups excluding tert-OH is 2. The highest BCUT2D eigenvalue weighted by atomic mass is 31.2. The van der Waals surface area contributed by atoms with Gasteiger partial charge in [0.2, 0.25) is 29.5 Å². The third-order valence-electron chi connectivity index (χ3n) is 7.29. The molecule has 0 aromatic rings. The van der Waals surface area contributed by atoms with Crippen molar-refractivity contribution >= 4 is 55.3 Å². The summed E-state index contributed by atoms with van der Waals surface area (Å²) in [5.41, 5.74) is 17.6. The molecule has 2 rings (SSSR count). The van der Waals surface area contributed by atoms with E-state index in [0.717, 1.165) is 0 Å². The number of nitrogens with one attached hydrogen (secondary N) is 9. The molecule has 21 N–H and O–H groups in total. The smallest absolute Gasteiger partial charge is 0.343 e. The Labute approximate surface area is 294 Å². The first-order valence-electron chi connectivity index (χ1n) is 15.6. The van der Waals surface area contributed by atoms with Crippen molar-refractivity contribution in [2.45, 2.75) is 68.2 Å². The van der Waals surface area contributed by atoms with Crippen LogP contribution in [0, 0.1) is 0 Å². The fraction of sp³-hybridized carbons (Fsp3) is 0.600. The maximum atomic E-state index is 13.7. The molecule has 2 heterocycles. The normalized spacial score (nSPS) is 26.7. The van der Waals surface area contributed by atoms with Crippen molar-refractivity contribution in [1.82, 2.24) is 42.5 Å². The number of carbonyl (C=O) groups is 7. The summed E-state index contributed by atoms with van der Waals surface area (Å²) in [5, 5.41) is 37.8. The molecule has 0 aliphatic carbocycles. The minimum atomic E-state index is -5.76. The van der Waals surface area contributed by atoms with Gasteiger partial charge in [0.15, 0.2) is 6.23 Å². The lowest BCUT2D eigenvalue weighted by Crippen LogP contribution is -2.89. The van der Waals surface area contributed by atoms with Gasteiger partial charge in [0.05, 0.1) is 40.0 Å². The number of hydrogen-bond acceptors (Lipinski definition) is 15. The van der Waals surface area contributed by atoms with Crippen LogP contribution in [0.4, 0.5) is 4.79 Å². The Hall–Kier alpha value is -4.95. The highest BCUT2D eigenvalue weighted by Crippen LogP contribution is 2.24. The minimum absolute atomic E-state index is 0.202. The summed E-state index contributed by atoms with van der Waals surface area (Å²) in [6.45, 7) is -2.66. The van der Waals surface area contributed by atoms with Gasteiger partial charge >= 0.3 is 12.0 Å². The SMILES string of the molecule is NC(=O)N/C=C1\NC(=O)[C@H](CO)NC(=O)[C@H](COP(=O)([O-])[O-])NC(=O)[C@@H](NC(=O)C[C@@H]([NH3+])CCC[NH3+])CNC(=O)[C@H](C2C[C@H](O)[NH+]=C(N)N2)NC1=O. The number of amides is 8. The highest BCUT2D eigenvalue weighted by molar-refractivity contribution is 7.43. The predicted octanol–water partition coefficient (Wildman–Crippen LogP) is -13.4. The highest BCUT2D eigenvalue weighted by Gasteiger charge is 2.39. The number of hydrogen-bond donors (Lipinski definition) is 15. The Morgan fingerprint density at radius 1 is 1.08 bits per heavy atom. The molecule has 0 spiro atoms. The van der Waals surface area contributed by atoms with Gasteiger partial charge in [-0.15, -0.1) is 0 Å². The summed E-state index contributed by atoms with van der Waals surface area (Å²) >= 11 is 0. The van der Waals surface area contributed by atoms with Gasteiger partial charge in [-0.2, -0.15) is 0 Å². The Bertz CT molecular complexity index is 1460. The van der Waals surface area contributed by atoms with E-state index in [9.17, 15) is 58.1 Å². The zero-order valence-electron chi connectivity index (χ0n) is 27.7. The zero-order valence-corrected chi connectivity index (χ0v) is 28.6. The van der Waals surface area contributed by atoms with Crippen LogP contribution in [-0.4, -0.2) is 126 Å². The molecule has 52 heavy (non-hydrogen) atoms. The van der Waals surface area contributed by atoms with Gasteiger partial charge in [-0.25, -0.2) is 4.79 Å². The molecule has 26 nitrogen and oxygen atoms in total. The summed E-state index contributed by atoms with van der Waals surface area (Å²) in [7, 11) is -5.76. The van der Waals surface area contributed by atoms with Crippen molar-refractivity contribution in [2.24, 2.45) is 11.5 Å². The van der Waals surface area contributed by atoms with Gasteiger partial charge in [-0.05, 0) is 0 Å². The third-order valence-corrected chi connectivity index (χ3v) is 7.75. The van der Waals surface area contributed by atoms with Crippen molar-refractivity contribution < 1.29 is 79.1 Å². The first-order valence-corrected chi connectivity index (χ1v) is 17.1. The first-order chi connectivity index (χ1) is 24.3. The standard InChI is InChI=1S/C25H44N13O13P/c26-3-1-2-10(27)4-16(40)32-12-6-30-23(46)18(11-5-17(41)37-24(28)36-11)38-20(43)13(7-31-25(29)47)33-21(44)14(8-39)34-22(45)15(35-19(12)42)9-51-52(48,49)50/h7,10-12,14-15,17-18,39,41H,1-6,8-9,26-27H2,(H,30,46)(H,32,40)(H,33,44)(H,34,45)(H,35,42)(H,38,43)(H3,28,36,37)(H3,29,31,47)(H2,48,49,50)/p+1/b13-7-/t10-,11?,12-,14-,15-,17-,18-/m0/s1. The van der Waals surface area contributed by atoms with Crippen molar-refractivity contribution in [2.75, 3.05) is 26.3 Å². The fourth-order valence-corrected chi connectivity index (χ4v) is 5.08. The number of rotatable bonds is 12. The van der Waals surface area contributed by atoms with Gasteiger partial charge in [0.25, 0.3) is 5.91 Å². The molecule has 2 aliphatic heterocycles.